The van der Waals surface area contributed by atoms with Gasteiger partial charge in [-0.25, -0.2) is 8.78 Å². The fourth-order valence-corrected chi connectivity index (χ4v) is 5.62. The van der Waals surface area contributed by atoms with Crippen molar-refractivity contribution >= 4 is 68.4 Å². The summed E-state index contributed by atoms with van der Waals surface area (Å²) in [5.41, 5.74) is -8.70. The zero-order valence-electron chi connectivity index (χ0n) is 20.1. The monoisotopic (exact) mass is 818 g/mol. The molecule has 220 valence electrons. The topological polar surface area (TPSA) is 49.4 Å². The molecule has 0 spiro atoms. The maximum Gasteiger partial charge on any atom is 0.457 e. The zero-order valence-corrected chi connectivity index (χ0v) is 24.4. The van der Waals surface area contributed by atoms with Crippen molar-refractivity contribution in [3.8, 4) is 0 Å². The Kier molecular flexibility index (Phi) is 9.27. The third kappa shape index (κ3) is 6.12. The molecule has 0 saturated heterocycles. The van der Waals surface area contributed by atoms with Gasteiger partial charge in [-0.15, -0.1) is 0 Å². The number of anilines is 2. The molecule has 41 heavy (non-hydrogen) atoms. The normalized spacial score (nSPS) is 13.9. The molecule has 0 aliphatic heterocycles. The summed E-state index contributed by atoms with van der Waals surface area (Å²) >= 11 is 2.50. The lowest BCUT2D eigenvalue weighted by atomic mass is 9.87. The lowest BCUT2D eigenvalue weighted by Crippen LogP contribution is -2.59. The highest BCUT2D eigenvalue weighted by molar-refractivity contribution is 14.1. The third-order valence-electron chi connectivity index (χ3n) is 5.76. The molecule has 0 radical (unpaired) electrons. The van der Waals surface area contributed by atoms with Gasteiger partial charge in [-0.05, 0) is 87.6 Å². The van der Waals surface area contributed by atoms with Crippen molar-refractivity contribution < 1.29 is 53.5 Å². The quantitative estimate of drug-likeness (QED) is 0.201. The number of hydrogen-bond donors (Lipinski definition) is 1. The van der Waals surface area contributed by atoms with Gasteiger partial charge in [0.2, 0.25) is 0 Å². The predicted octanol–water partition coefficient (Wildman–Crippen LogP) is 8.49. The van der Waals surface area contributed by atoms with Crippen LogP contribution in [0.25, 0.3) is 0 Å². The van der Waals surface area contributed by atoms with Gasteiger partial charge in [0, 0.05) is 31.0 Å². The van der Waals surface area contributed by atoms with E-state index in [-0.39, 0.29) is 34.6 Å². The van der Waals surface area contributed by atoms with Crippen LogP contribution in [0.5, 0.6) is 0 Å². The van der Waals surface area contributed by atoms with Gasteiger partial charge < -0.3 is 10.2 Å². The van der Waals surface area contributed by atoms with Crippen LogP contribution in [-0.4, -0.2) is 37.1 Å². The molecule has 0 saturated carbocycles. The van der Waals surface area contributed by atoms with Crippen molar-refractivity contribution in [2.24, 2.45) is 0 Å². The van der Waals surface area contributed by atoms with Crippen molar-refractivity contribution in [1.29, 1.82) is 0 Å². The van der Waals surface area contributed by atoms with Gasteiger partial charge in [-0.2, -0.15) is 35.1 Å². The lowest BCUT2D eigenvalue weighted by Gasteiger charge is -2.36. The van der Waals surface area contributed by atoms with Crippen LogP contribution < -0.4 is 10.2 Å². The summed E-state index contributed by atoms with van der Waals surface area (Å²) in [4.78, 5) is 26.6. The average Bonchev–Trinajstić information content (AvgIpc) is 2.88. The molecule has 3 aromatic carbocycles. The van der Waals surface area contributed by atoms with Gasteiger partial charge in [-0.3, -0.25) is 9.59 Å². The highest BCUT2D eigenvalue weighted by Gasteiger charge is 2.81. The Morgan fingerprint density at radius 1 is 0.780 bits per heavy atom. The number of benzene rings is 3. The molecule has 3 aromatic rings. The Balaban J connectivity index is 1.96. The molecule has 0 aromatic heterocycles. The van der Waals surface area contributed by atoms with E-state index in [4.69, 9.17) is 0 Å². The number of halogens is 12. The van der Waals surface area contributed by atoms with Crippen molar-refractivity contribution in [2.45, 2.75) is 23.9 Å². The fourth-order valence-electron chi connectivity index (χ4n) is 3.58. The van der Waals surface area contributed by atoms with Crippen molar-refractivity contribution in [1.82, 2.24) is 0 Å². The minimum Gasteiger partial charge on any atom is -0.320 e. The van der Waals surface area contributed by atoms with Gasteiger partial charge in [0.25, 0.3) is 11.8 Å². The van der Waals surface area contributed by atoms with Crippen LogP contribution >= 0.6 is 45.2 Å². The summed E-state index contributed by atoms with van der Waals surface area (Å²) in [6.07, 6.45) is -13.6. The maximum atomic E-state index is 14.9. The molecule has 1 N–H and O–H groups in total. The number of alkyl halides is 9. The Hall–Kier alpha value is -2.64. The SMILES string of the molecule is CN(C(=O)c1ccccc1F)c1cccc(C(=O)Nc2c(I)cc(C(F)(C(F)(F)F)C(F)(F)C(F)(F)F)cc2I)c1. The van der Waals surface area contributed by atoms with Gasteiger partial charge in [-0.1, -0.05) is 18.2 Å². The minimum atomic E-state index is -6.88. The molecule has 0 bridgehead atoms. The van der Waals surface area contributed by atoms with Gasteiger partial charge >= 0.3 is 23.9 Å². The number of hydrogen-bond acceptors (Lipinski definition) is 2. The summed E-state index contributed by atoms with van der Waals surface area (Å²) in [6, 6.07) is 10.6. The lowest BCUT2D eigenvalue weighted by molar-refractivity contribution is -0.389. The second-order valence-electron chi connectivity index (χ2n) is 8.39. The summed E-state index contributed by atoms with van der Waals surface area (Å²) in [6.45, 7) is 0. The highest BCUT2D eigenvalue weighted by Crippen LogP contribution is 2.58. The minimum absolute atomic E-state index is 0.120. The standard InChI is InChI=1S/C25H14F10I2N2O2/c1-39(21(41)15-7-2-3-8-16(15)26)14-6-4-5-12(9-14)20(40)38-19-17(36)10-13(11-18(19)37)22(27,24(30,31)32)23(28,29)25(33,34)35/h2-11H,1H3,(H,38,40). The van der Waals surface area contributed by atoms with E-state index in [9.17, 15) is 53.5 Å². The maximum absolute atomic E-state index is 14.9. The van der Waals surface area contributed by atoms with E-state index in [1.54, 1.807) is 0 Å². The van der Waals surface area contributed by atoms with E-state index in [1.807, 2.05) is 0 Å². The average molecular weight is 818 g/mol. The van der Waals surface area contributed by atoms with Crippen LogP contribution in [0.3, 0.4) is 0 Å². The van der Waals surface area contributed by atoms with Crippen LogP contribution in [-0.2, 0) is 5.67 Å². The Morgan fingerprint density at radius 3 is 1.85 bits per heavy atom. The van der Waals surface area contributed by atoms with E-state index in [0.29, 0.717) is 0 Å². The molecule has 1 unspecified atom stereocenters. The van der Waals surface area contributed by atoms with E-state index in [1.165, 1.54) is 94.7 Å². The van der Waals surface area contributed by atoms with Crippen LogP contribution in [0, 0.1) is 13.0 Å². The van der Waals surface area contributed by atoms with Crippen molar-refractivity contribution in [2.75, 3.05) is 17.3 Å². The predicted molar refractivity (Wildman–Crippen MR) is 145 cm³/mol. The van der Waals surface area contributed by atoms with E-state index in [2.05, 4.69) is 5.32 Å². The first kappa shape index (κ1) is 32.9. The fraction of sp³-hybridized carbons (Fsp3) is 0.200. The molecule has 0 fully saturated rings. The first-order valence-electron chi connectivity index (χ1n) is 10.9. The second kappa shape index (κ2) is 11.6. The Morgan fingerprint density at radius 2 is 1.34 bits per heavy atom. The Bertz CT molecular complexity index is 1470. The van der Waals surface area contributed by atoms with Crippen LogP contribution in [0.15, 0.2) is 60.7 Å². The van der Waals surface area contributed by atoms with Crippen molar-refractivity contribution in [3.63, 3.8) is 0 Å². The molecule has 16 heteroatoms. The molecule has 0 aliphatic rings. The number of carbonyl (C=O) groups is 2. The van der Waals surface area contributed by atoms with Crippen LogP contribution in [0.4, 0.5) is 55.3 Å². The summed E-state index contributed by atoms with van der Waals surface area (Å²) in [7, 11) is 1.30. The number of nitrogens with one attached hydrogen (secondary N) is 1. The van der Waals surface area contributed by atoms with E-state index < -0.39 is 54.3 Å². The zero-order chi connectivity index (χ0) is 31.1. The molecule has 3 rings (SSSR count). The van der Waals surface area contributed by atoms with Gasteiger partial charge in [0.15, 0.2) is 0 Å². The molecule has 0 heterocycles. The van der Waals surface area contributed by atoms with Gasteiger partial charge in [0.05, 0.1) is 11.3 Å². The first-order valence-corrected chi connectivity index (χ1v) is 13.0. The first-order chi connectivity index (χ1) is 18.7. The highest BCUT2D eigenvalue weighted by atomic mass is 127. The molecule has 1 atom stereocenters. The smallest absolute Gasteiger partial charge is 0.320 e. The molecular weight excluding hydrogens is 804 g/mol. The van der Waals surface area contributed by atoms with Gasteiger partial charge in [0.1, 0.15) is 5.82 Å². The third-order valence-corrected chi connectivity index (χ3v) is 7.46. The van der Waals surface area contributed by atoms with Crippen molar-refractivity contribution in [3.05, 3.63) is 90.3 Å². The number of nitrogens with zero attached hydrogens (tertiary/aromatic N) is 1. The van der Waals surface area contributed by atoms with E-state index >= 15 is 0 Å². The molecule has 4 nitrogen and oxygen atoms in total. The number of carbonyl (C=O) groups excluding carboxylic acids is 2. The molecule has 2 amide bonds. The summed E-state index contributed by atoms with van der Waals surface area (Å²) < 4.78 is 135. The largest absolute Gasteiger partial charge is 0.457 e. The second-order valence-corrected chi connectivity index (χ2v) is 10.7. The molecular formula is C25H14F10I2N2O2. The summed E-state index contributed by atoms with van der Waals surface area (Å²) in [5, 5.41) is 2.29. The van der Waals surface area contributed by atoms with E-state index in [0.717, 1.165) is 11.0 Å². The Labute approximate surface area is 252 Å². The number of rotatable bonds is 6. The molecule has 0 aliphatic carbocycles. The number of amides is 2. The van der Waals surface area contributed by atoms with Crippen LogP contribution in [0.1, 0.15) is 26.3 Å². The summed E-state index contributed by atoms with van der Waals surface area (Å²) in [5.74, 6) is -9.32. The van der Waals surface area contributed by atoms with Crippen LogP contribution in [0.2, 0.25) is 0 Å².